The number of aliphatic hydroxyl groups excluding tert-OH is 1. The Morgan fingerprint density at radius 2 is 1.79 bits per heavy atom. The van der Waals surface area contributed by atoms with Gasteiger partial charge in [0.05, 0.1) is 6.61 Å². The summed E-state index contributed by atoms with van der Waals surface area (Å²) in [6.45, 7) is 3.84. The molecule has 0 atom stereocenters. The van der Waals surface area contributed by atoms with Crippen LogP contribution in [-0.2, 0) is 6.61 Å². The lowest BCUT2D eigenvalue weighted by molar-refractivity contribution is 0.276. The molecule has 1 N–H and O–H groups in total. The fraction of sp³-hybridized carbons (Fsp3) is 0.200. The number of hydrogen-bond acceptors (Lipinski definition) is 2. The van der Waals surface area contributed by atoms with Crippen LogP contribution in [0.2, 0.25) is 5.02 Å². The van der Waals surface area contributed by atoms with Crippen LogP contribution < -0.4 is 4.74 Å². The Morgan fingerprint density at radius 1 is 1.16 bits per heavy atom. The Bertz CT molecular complexity index is 588. The van der Waals surface area contributed by atoms with E-state index in [9.17, 15) is 5.11 Å². The monoisotopic (exact) mass is 340 g/mol. The molecular formula is C15H14BrClO2. The van der Waals surface area contributed by atoms with Gasteiger partial charge in [-0.25, -0.2) is 0 Å². The van der Waals surface area contributed by atoms with Gasteiger partial charge in [-0.2, -0.15) is 0 Å². The van der Waals surface area contributed by atoms with Crippen LogP contribution in [0, 0.1) is 13.8 Å². The number of ether oxygens (including phenoxy) is 1. The quantitative estimate of drug-likeness (QED) is 0.851. The minimum Gasteiger partial charge on any atom is -0.456 e. The average Bonchev–Trinajstić information content (AvgIpc) is 2.34. The molecule has 0 aliphatic carbocycles. The topological polar surface area (TPSA) is 29.5 Å². The fourth-order valence-electron chi connectivity index (χ4n) is 1.92. The van der Waals surface area contributed by atoms with E-state index < -0.39 is 0 Å². The molecule has 2 aromatic carbocycles. The molecule has 0 bridgehead atoms. The molecule has 0 radical (unpaired) electrons. The van der Waals surface area contributed by atoms with Gasteiger partial charge in [0.25, 0.3) is 0 Å². The van der Waals surface area contributed by atoms with Gasteiger partial charge < -0.3 is 9.84 Å². The summed E-state index contributed by atoms with van der Waals surface area (Å²) in [7, 11) is 0. The Morgan fingerprint density at radius 3 is 2.37 bits per heavy atom. The highest BCUT2D eigenvalue weighted by Crippen LogP contribution is 2.34. The zero-order chi connectivity index (χ0) is 14.0. The van der Waals surface area contributed by atoms with Gasteiger partial charge in [-0.15, -0.1) is 0 Å². The van der Waals surface area contributed by atoms with E-state index in [4.69, 9.17) is 16.3 Å². The maximum atomic E-state index is 9.35. The Kier molecular flexibility index (Phi) is 4.50. The molecule has 0 fully saturated rings. The number of rotatable bonds is 3. The van der Waals surface area contributed by atoms with Crippen LogP contribution >= 0.6 is 27.5 Å². The van der Waals surface area contributed by atoms with Crippen molar-refractivity contribution in [3.8, 4) is 11.5 Å². The number of aliphatic hydroxyl groups is 1. The molecule has 0 amide bonds. The first-order valence-electron chi connectivity index (χ1n) is 5.85. The standard InChI is InChI=1S/C15H14BrClO2/c1-9-5-13(17)6-10(2)15(9)19-14-7-12(16)4-3-11(14)8-18/h3-7,18H,8H2,1-2H3. The largest absolute Gasteiger partial charge is 0.456 e. The van der Waals surface area contributed by atoms with Crippen molar-refractivity contribution in [1.29, 1.82) is 0 Å². The van der Waals surface area contributed by atoms with Crippen LogP contribution in [0.15, 0.2) is 34.8 Å². The number of benzene rings is 2. The number of halogens is 2. The van der Waals surface area contributed by atoms with Gasteiger partial charge in [-0.05, 0) is 49.2 Å². The van der Waals surface area contributed by atoms with Gasteiger partial charge in [0.1, 0.15) is 11.5 Å². The van der Waals surface area contributed by atoms with Crippen molar-refractivity contribution in [2.45, 2.75) is 20.5 Å². The van der Waals surface area contributed by atoms with Crippen molar-refractivity contribution in [3.63, 3.8) is 0 Å². The second-order valence-electron chi connectivity index (χ2n) is 4.38. The van der Waals surface area contributed by atoms with Gasteiger partial charge >= 0.3 is 0 Å². The molecule has 0 saturated heterocycles. The predicted octanol–water partition coefficient (Wildman–Crippen LogP) is 5.00. The van der Waals surface area contributed by atoms with E-state index in [0.29, 0.717) is 10.8 Å². The molecule has 0 aliphatic rings. The minimum atomic E-state index is -0.0612. The summed E-state index contributed by atoms with van der Waals surface area (Å²) in [4.78, 5) is 0. The zero-order valence-corrected chi connectivity index (χ0v) is 13.0. The Hall–Kier alpha value is -1.03. The van der Waals surface area contributed by atoms with Gasteiger partial charge in [0.2, 0.25) is 0 Å². The van der Waals surface area contributed by atoms with Gasteiger partial charge in [0.15, 0.2) is 0 Å². The molecule has 0 unspecified atom stereocenters. The van der Waals surface area contributed by atoms with E-state index in [1.165, 1.54) is 0 Å². The molecule has 2 rings (SSSR count). The summed E-state index contributed by atoms with van der Waals surface area (Å²) < 4.78 is 6.86. The van der Waals surface area contributed by atoms with E-state index in [1.54, 1.807) is 0 Å². The van der Waals surface area contributed by atoms with Crippen LogP contribution in [-0.4, -0.2) is 5.11 Å². The second-order valence-corrected chi connectivity index (χ2v) is 5.73. The Labute approximate surface area is 126 Å². The van der Waals surface area contributed by atoms with Crippen LogP contribution in [0.25, 0.3) is 0 Å². The highest BCUT2D eigenvalue weighted by atomic mass is 79.9. The maximum Gasteiger partial charge on any atom is 0.134 e. The normalized spacial score (nSPS) is 10.6. The van der Waals surface area contributed by atoms with E-state index >= 15 is 0 Å². The molecule has 2 aromatic rings. The first kappa shape index (κ1) is 14.4. The lowest BCUT2D eigenvalue weighted by Crippen LogP contribution is -1.95. The van der Waals surface area contributed by atoms with Crippen LogP contribution in [0.1, 0.15) is 16.7 Å². The summed E-state index contributed by atoms with van der Waals surface area (Å²) >= 11 is 9.41. The van der Waals surface area contributed by atoms with Crippen molar-refractivity contribution in [2.75, 3.05) is 0 Å². The molecule has 0 saturated carbocycles. The van der Waals surface area contributed by atoms with E-state index in [1.807, 2.05) is 44.2 Å². The molecule has 4 heteroatoms. The highest BCUT2D eigenvalue weighted by Gasteiger charge is 2.10. The third kappa shape index (κ3) is 3.30. The van der Waals surface area contributed by atoms with Crippen molar-refractivity contribution in [1.82, 2.24) is 0 Å². The smallest absolute Gasteiger partial charge is 0.134 e. The molecule has 2 nitrogen and oxygen atoms in total. The van der Waals surface area contributed by atoms with Gasteiger partial charge in [-0.3, -0.25) is 0 Å². The molecule has 19 heavy (non-hydrogen) atoms. The zero-order valence-electron chi connectivity index (χ0n) is 10.7. The van der Waals surface area contributed by atoms with Crippen molar-refractivity contribution in [2.24, 2.45) is 0 Å². The molecular weight excluding hydrogens is 328 g/mol. The molecule has 0 aliphatic heterocycles. The highest BCUT2D eigenvalue weighted by molar-refractivity contribution is 9.10. The van der Waals surface area contributed by atoms with Gasteiger partial charge in [-0.1, -0.05) is 33.6 Å². The number of hydrogen-bond donors (Lipinski definition) is 1. The minimum absolute atomic E-state index is 0.0612. The van der Waals surface area contributed by atoms with Crippen LogP contribution in [0.4, 0.5) is 0 Å². The van der Waals surface area contributed by atoms with E-state index in [0.717, 1.165) is 26.9 Å². The third-order valence-electron chi connectivity index (χ3n) is 2.84. The number of aryl methyl sites for hydroxylation is 2. The molecule has 0 spiro atoms. The summed E-state index contributed by atoms with van der Waals surface area (Å²) in [6.07, 6.45) is 0. The maximum absolute atomic E-state index is 9.35. The average molecular weight is 342 g/mol. The summed E-state index contributed by atoms with van der Waals surface area (Å²) in [5, 5.41) is 10.0. The SMILES string of the molecule is Cc1cc(Cl)cc(C)c1Oc1cc(Br)ccc1CO. The summed E-state index contributed by atoms with van der Waals surface area (Å²) in [5.41, 5.74) is 2.68. The Balaban J connectivity index is 2.44. The van der Waals surface area contributed by atoms with Crippen LogP contribution in [0.5, 0.6) is 11.5 Å². The summed E-state index contributed by atoms with van der Waals surface area (Å²) in [6, 6.07) is 9.28. The van der Waals surface area contributed by atoms with Gasteiger partial charge in [0, 0.05) is 15.1 Å². The second kappa shape index (κ2) is 5.95. The van der Waals surface area contributed by atoms with E-state index in [-0.39, 0.29) is 6.61 Å². The first-order valence-corrected chi connectivity index (χ1v) is 7.02. The van der Waals surface area contributed by atoms with Crippen molar-refractivity contribution < 1.29 is 9.84 Å². The lowest BCUT2D eigenvalue weighted by Gasteiger charge is -2.15. The first-order chi connectivity index (χ1) is 9.01. The molecule has 0 heterocycles. The lowest BCUT2D eigenvalue weighted by atomic mass is 10.1. The molecule has 100 valence electrons. The fourth-order valence-corrected chi connectivity index (χ4v) is 2.59. The molecule has 0 aromatic heterocycles. The summed E-state index contributed by atoms with van der Waals surface area (Å²) in [5.74, 6) is 1.42. The predicted molar refractivity (Wildman–Crippen MR) is 81.1 cm³/mol. The van der Waals surface area contributed by atoms with Crippen LogP contribution in [0.3, 0.4) is 0 Å². The van der Waals surface area contributed by atoms with E-state index in [2.05, 4.69) is 15.9 Å². The third-order valence-corrected chi connectivity index (χ3v) is 3.55. The van der Waals surface area contributed by atoms with Crippen molar-refractivity contribution in [3.05, 3.63) is 56.5 Å². The van der Waals surface area contributed by atoms with Crippen molar-refractivity contribution >= 4 is 27.5 Å².